The molecule has 1 heterocycles. The molecule has 0 unspecified atom stereocenters. The molecular weight excluding hydrogens is 339 g/mol. The first kappa shape index (κ1) is 16.9. The van der Waals surface area contributed by atoms with Crippen LogP contribution in [0.4, 0.5) is 10.1 Å². The maximum Gasteiger partial charge on any atom is 0.248 e. The van der Waals surface area contributed by atoms with E-state index in [4.69, 9.17) is 0 Å². The summed E-state index contributed by atoms with van der Waals surface area (Å²) >= 11 is 1.48. The Labute approximate surface area is 148 Å². The number of halogens is 1. The first-order chi connectivity index (χ1) is 12.1. The van der Waals surface area contributed by atoms with E-state index in [-0.39, 0.29) is 11.7 Å². The molecule has 3 rings (SSSR count). The highest BCUT2D eigenvalue weighted by atomic mass is 32.2. The molecule has 2 aromatic carbocycles. The fourth-order valence-electron chi connectivity index (χ4n) is 2.04. The Bertz CT molecular complexity index is 905. The fraction of sp³-hybridized carbons (Fsp3) is 0.0556. The number of carbonyl (C=O) groups excluding carboxylic acids is 1. The summed E-state index contributed by atoms with van der Waals surface area (Å²) in [6.45, 7) is 0. The van der Waals surface area contributed by atoms with Crippen LogP contribution >= 0.6 is 11.8 Å². The largest absolute Gasteiger partial charge is 0.323 e. The molecule has 0 fully saturated rings. The van der Waals surface area contributed by atoms with Crippen molar-refractivity contribution in [1.82, 2.24) is 14.8 Å². The highest BCUT2D eigenvalue weighted by molar-refractivity contribution is 7.99. The number of rotatable bonds is 5. The van der Waals surface area contributed by atoms with Gasteiger partial charge in [-0.25, -0.2) is 4.39 Å². The predicted octanol–water partition coefficient (Wildman–Crippen LogP) is 3.76. The number of aryl methyl sites for hydroxylation is 1. The summed E-state index contributed by atoms with van der Waals surface area (Å²) in [5, 5.41) is 11.4. The molecule has 0 bridgehead atoms. The van der Waals surface area contributed by atoms with Gasteiger partial charge in [0.2, 0.25) is 5.91 Å². The van der Waals surface area contributed by atoms with E-state index in [1.54, 1.807) is 36.7 Å². The lowest BCUT2D eigenvalue weighted by Crippen LogP contribution is -2.07. The monoisotopic (exact) mass is 354 g/mol. The summed E-state index contributed by atoms with van der Waals surface area (Å²) in [5.74, 6) is -0.686. The molecule has 0 radical (unpaired) electrons. The number of benzene rings is 2. The van der Waals surface area contributed by atoms with Crippen molar-refractivity contribution in [2.24, 2.45) is 7.05 Å². The van der Waals surface area contributed by atoms with Crippen LogP contribution in [-0.4, -0.2) is 20.7 Å². The van der Waals surface area contributed by atoms with Crippen LogP contribution in [0.15, 0.2) is 71.0 Å². The first-order valence-corrected chi connectivity index (χ1v) is 8.29. The van der Waals surface area contributed by atoms with Gasteiger partial charge in [-0.3, -0.25) is 4.79 Å². The number of amides is 1. The van der Waals surface area contributed by atoms with E-state index in [9.17, 15) is 9.18 Å². The van der Waals surface area contributed by atoms with Gasteiger partial charge in [0, 0.05) is 29.3 Å². The lowest BCUT2D eigenvalue weighted by atomic mass is 10.2. The van der Waals surface area contributed by atoms with Crippen molar-refractivity contribution in [2.75, 3.05) is 5.32 Å². The summed E-state index contributed by atoms with van der Waals surface area (Å²) < 4.78 is 15.3. The van der Waals surface area contributed by atoms with Crippen molar-refractivity contribution in [2.45, 2.75) is 10.1 Å². The quantitative estimate of drug-likeness (QED) is 0.709. The molecule has 0 spiro atoms. The van der Waals surface area contributed by atoms with Gasteiger partial charge in [-0.2, -0.15) is 0 Å². The Morgan fingerprint density at radius 2 is 1.96 bits per heavy atom. The van der Waals surface area contributed by atoms with Gasteiger partial charge in [0.25, 0.3) is 0 Å². The molecule has 126 valence electrons. The number of anilines is 1. The van der Waals surface area contributed by atoms with Crippen molar-refractivity contribution in [3.63, 3.8) is 0 Å². The summed E-state index contributed by atoms with van der Waals surface area (Å²) in [6, 6.07) is 13.6. The number of hydrogen-bond donors (Lipinski definition) is 1. The predicted molar refractivity (Wildman–Crippen MR) is 95.6 cm³/mol. The van der Waals surface area contributed by atoms with E-state index in [1.165, 1.54) is 30.0 Å². The topological polar surface area (TPSA) is 59.8 Å². The summed E-state index contributed by atoms with van der Waals surface area (Å²) in [5.41, 5.74) is 1.03. The molecule has 1 aromatic heterocycles. The normalized spacial score (nSPS) is 11.0. The number of nitrogens with one attached hydrogen (secondary N) is 1. The molecular formula is C18H15FN4OS. The minimum Gasteiger partial charge on any atom is -0.323 e. The zero-order valence-corrected chi connectivity index (χ0v) is 14.2. The number of hydrogen-bond acceptors (Lipinski definition) is 4. The molecule has 5 nitrogen and oxygen atoms in total. The van der Waals surface area contributed by atoms with Gasteiger partial charge < -0.3 is 9.88 Å². The van der Waals surface area contributed by atoms with E-state index in [1.807, 2.05) is 23.7 Å². The highest BCUT2D eigenvalue weighted by Gasteiger charge is 2.04. The van der Waals surface area contributed by atoms with Gasteiger partial charge in [-0.15, -0.1) is 10.2 Å². The molecule has 25 heavy (non-hydrogen) atoms. The van der Waals surface area contributed by atoms with Gasteiger partial charge in [-0.05, 0) is 48.2 Å². The Morgan fingerprint density at radius 1 is 1.20 bits per heavy atom. The van der Waals surface area contributed by atoms with E-state index in [0.29, 0.717) is 11.3 Å². The Kier molecular flexibility index (Phi) is 5.25. The average Bonchev–Trinajstić information content (AvgIpc) is 3.01. The molecule has 0 aliphatic rings. The summed E-state index contributed by atoms with van der Waals surface area (Å²) in [4.78, 5) is 12.9. The third kappa shape index (κ3) is 4.54. The standard InChI is InChI=1S/C18H15FN4OS/c1-23-12-20-22-18(23)25-15-9-7-14(8-10-15)21-17(24)11-6-13-4-2-3-5-16(13)19/h2-12H,1H3,(H,21,24)/b11-6+. The second-order valence-corrected chi connectivity index (χ2v) is 6.24. The minimum atomic E-state index is -0.364. The average molecular weight is 354 g/mol. The van der Waals surface area contributed by atoms with E-state index >= 15 is 0 Å². The zero-order chi connectivity index (χ0) is 17.6. The Balaban J connectivity index is 1.60. The molecule has 0 atom stereocenters. The molecule has 7 heteroatoms. The fourth-order valence-corrected chi connectivity index (χ4v) is 2.80. The van der Waals surface area contributed by atoms with Crippen LogP contribution in [0.3, 0.4) is 0 Å². The third-order valence-corrected chi connectivity index (χ3v) is 4.38. The van der Waals surface area contributed by atoms with E-state index < -0.39 is 0 Å². The maximum atomic E-state index is 13.5. The molecule has 0 saturated carbocycles. The van der Waals surface area contributed by atoms with Gasteiger partial charge >= 0.3 is 0 Å². The van der Waals surface area contributed by atoms with Crippen LogP contribution in [0.1, 0.15) is 5.56 Å². The van der Waals surface area contributed by atoms with Crippen LogP contribution in [-0.2, 0) is 11.8 Å². The lowest BCUT2D eigenvalue weighted by molar-refractivity contribution is -0.111. The summed E-state index contributed by atoms with van der Waals surface area (Å²) in [6.07, 6.45) is 4.39. The van der Waals surface area contributed by atoms with Crippen molar-refractivity contribution >= 4 is 29.4 Å². The van der Waals surface area contributed by atoms with E-state index in [2.05, 4.69) is 15.5 Å². The maximum absolute atomic E-state index is 13.5. The molecule has 0 aliphatic carbocycles. The Hall–Kier alpha value is -2.93. The van der Waals surface area contributed by atoms with Crippen LogP contribution < -0.4 is 5.32 Å². The highest BCUT2D eigenvalue weighted by Crippen LogP contribution is 2.26. The zero-order valence-electron chi connectivity index (χ0n) is 13.4. The molecule has 1 amide bonds. The van der Waals surface area contributed by atoms with Crippen molar-refractivity contribution < 1.29 is 9.18 Å². The molecule has 3 aromatic rings. The number of carbonyl (C=O) groups is 1. The van der Waals surface area contributed by atoms with E-state index in [0.717, 1.165) is 10.1 Å². The van der Waals surface area contributed by atoms with Crippen molar-refractivity contribution in [3.8, 4) is 0 Å². The first-order valence-electron chi connectivity index (χ1n) is 7.47. The third-order valence-electron chi connectivity index (χ3n) is 3.32. The summed E-state index contributed by atoms with van der Waals surface area (Å²) in [7, 11) is 1.87. The Morgan fingerprint density at radius 3 is 2.64 bits per heavy atom. The molecule has 0 aliphatic heterocycles. The smallest absolute Gasteiger partial charge is 0.248 e. The lowest BCUT2D eigenvalue weighted by Gasteiger charge is -2.04. The van der Waals surface area contributed by atoms with Crippen molar-refractivity contribution in [1.29, 1.82) is 0 Å². The molecule has 0 saturated heterocycles. The van der Waals surface area contributed by atoms with Crippen LogP contribution in [0, 0.1) is 5.82 Å². The number of nitrogens with zero attached hydrogens (tertiary/aromatic N) is 3. The van der Waals surface area contributed by atoms with Crippen molar-refractivity contribution in [3.05, 3.63) is 72.3 Å². The van der Waals surface area contributed by atoms with Crippen LogP contribution in [0.5, 0.6) is 0 Å². The molecule has 1 N–H and O–H groups in total. The van der Waals surface area contributed by atoms with Gasteiger partial charge in [0.15, 0.2) is 5.16 Å². The number of aromatic nitrogens is 3. The van der Waals surface area contributed by atoms with Gasteiger partial charge in [0.05, 0.1) is 0 Å². The van der Waals surface area contributed by atoms with Crippen LogP contribution in [0.2, 0.25) is 0 Å². The minimum absolute atomic E-state index is 0.322. The second-order valence-electron chi connectivity index (χ2n) is 5.19. The van der Waals surface area contributed by atoms with Crippen LogP contribution in [0.25, 0.3) is 6.08 Å². The van der Waals surface area contributed by atoms with Gasteiger partial charge in [-0.1, -0.05) is 18.2 Å². The SMILES string of the molecule is Cn1cnnc1Sc1ccc(NC(=O)/C=C/c2ccccc2F)cc1. The van der Waals surface area contributed by atoms with Gasteiger partial charge in [0.1, 0.15) is 12.1 Å². The second kappa shape index (κ2) is 7.76.